The number of nitrogens with zero attached hydrogens (tertiary/aromatic N) is 2. The fraction of sp³-hybridized carbons (Fsp3) is 0.600. The fourth-order valence-electron chi connectivity index (χ4n) is 4.40. The van der Waals surface area contributed by atoms with Gasteiger partial charge in [0.25, 0.3) is 0 Å². The third-order valence-corrected chi connectivity index (χ3v) is 8.19. The molecule has 158 valence electrons. The zero-order valence-electron chi connectivity index (χ0n) is 16.7. The number of hydrogen-bond donors (Lipinski definition) is 2. The van der Waals surface area contributed by atoms with Crippen LogP contribution >= 0.6 is 0 Å². The van der Waals surface area contributed by atoms with Crippen LogP contribution in [0.5, 0.6) is 0 Å². The summed E-state index contributed by atoms with van der Waals surface area (Å²) in [6, 6.07) is 5.05. The number of carbonyl (C=O) groups is 2. The summed E-state index contributed by atoms with van der Waals surface area (Å²) in [5.41, 5.74) is 0.725. The Balaban J connectivity index is 1.49. The maximum absolute atomic E-state index is 13.2. The first-order valence-electron chi connectivity index (χ1n) is 10.4. The van der Waals surface area contributed by atoms with Gasteiger partial charge in [0.15, 0.2) is 0 Å². The van der Waals surface area contributed by atoms with Crippen molar-refractivity contribution in [1.82, 2.24) is 9.21 Å². The van der Waals surface area contributed by atoms with Crippen LogP contribution in [0.3, 0.4) is 0 Å². The van der Waals surface area contributed by atoms with Gasteiger partial charge in [-0.3, -0.25) is 14.5 Å². The third-order valence-electron chi connectivity index (χ3n) is 6.30. The normalized spacial score (nSPS) is 25.1. The fourth-order valence-corrected chi connectivity index (χ4v) is 5.85. The molecule has 2 amide bonds. The number of hydrogen-bond acceptors (Lipinski definition) is 5. The average molecular weight is 421 g/mol. The van der Waals surface area contributed by atoms with E-state index in [4.69, 9.17) is 0 Å². The molecule has 0 radical (unpaired) electrons. The number of amides is 2. The molecule has 0 bridgehead atoms. The second kappa shape index (κ2) is 8.04. The first-order valence-corrected chi connectivity index (χ1v) is 11.8. The predicted octanol–water partition coefficient (Wildman–Crippen LogP) is 1.85. The van der Waals surface area contributed by atoms with Crippen LogP contribution in [-0.4, -0.2) is 61.7 Å². The molecule has 9 heteroatoms. The van der Waals surface area contributed by atoms with Crippen LogP contribution in [0.25, 0.3) is 0 Å². The lowest BCUT2D eigenvalue weighted by molar-refractivity contribution is -0.128. The number of fused-ring (bicyclic) bond motifs is 1. The lowest BCUT2D eigenvalue weighted by Gasteiger charge is -2.40. The molecule has 1 aromatic carbocycles. The van der Waals surface area contributed by atoms with E-state index in [0.717, 1.165) is 13.1 Å². The summed E-state index contributed by atoms with van der Waals surface area (Å²) in [6.07, 6.45) is 6.25. The summed E-state index contributed by atoms with van der Waals surface area (Å²) in [5.74, 6) is -1.69. The van der Waals surface area contributed by atoms with E-state index in [1.807, 2.05) is 0 Å². The van der Waals surface area contributed by atoms with E-state index in [1.165, 1.54) is 61.5 Å². The predicted molar refractivity (Wildman–Crippen MR) is 110 cm³/mol. The molecule has 2 aliphatic heterocycles. The van der Waals surface area contributed by atoms with E-state index in [0.29, 0.717) is 30.5 Å². The minimum atomic E-state index is -3.66. The van der Waals surface area contributed by atoms with Gasteiger partial charge < -0.3 is 10.6 Å². The van der Waals surface area contributed by atoms with Crippen molar-refractivity contribution in [1.29, 1.82) is 0 Å². The van der Waals surface area contributed by atoms with Crippen molar-refractivity contribution in [3.63, 3.8) is 0 Å². The molecule has 1 aromatic rings. The zero-order chi connectivity index (χ0) is 20.6. The van der Waals surface area contributed by atoms with E-state index >= 15 is 0 Å². The van der Waals surface area contributed by atoms with Gasteiger partial charge >= 0.3 is 0 Å². The molecule has 1 unspecified atom stereocenters. The Morgan fingerprint density at radius 2 is 1.52 bits per heavy atom. The van der Waals surface area contributed by atoms with Crippen LogP contribution in [0.1, 0.15) is 39.0 Å². The number of carbonyl (C=O) groups excluding carboxylic acids is 2. The second-order valence-electron chi connectivity index (χ2n) is 8.14. The van der Waals surface area contributed by atoms with Gasteiger partial charge in [0, 0.05) is 32.2 Å². The lowest BCUT2D eigenvalue weighted by Crippen LogP contribution is -2.52. The Hall–Kier alpha value is -1.97. The smallest absolute Gasteiger partial charge is 0.243 e. The third kappa shape index (κ3) is 4.04. The summed E-state index contributed by atoms with van der Waals surface area (Å²) in [5, 5.41) is 5.32. The topological polar surface area (TPSA) is 98.8 Å². The molecule has 1 saturated heterocycles. The van der Waals surface area contributed by atoms with Crippen molar-refractivity contribution in [2.24, 2.45) is 5.92 Å². The maximum Gasteiger partial charge on any atom is 0.243 e. The molecule has 2 fully saturated rings. The van der Waals surface area contributed by atoms with Crippen LogP contribution in [0, 0.1) is 5.92 Å². The summed E-state index contributed by atoms with van der Waals surface area (Å²) < 4.78 is 27.8. The molecule has 2 N–H and O–H groups in total. The lowest BCUT2D eigenvalue weighted by atomic mass is 9.94. The van der Waals surface area contributed by atoms with Gasteiger partial charge in [-0.25, -0.2) is 8.42 Å². The Morgan fingerprint density at radius 1 is 0.897 bits per heavy atom. The minimum Gasteiger partial charge on any atom is -0.324 e. The number of rotatable bonds is 3. The van der Waals surface area contributed by atoms with E-state index < -0.39 is 27.8 Å². The highest BCUT2D eigenvalue weighted by Crippen LogP contribution is 2.31. The minimum absolute atomic E-state index is 0.131. The molecule has 8 nitrogen and oxygen atoms in total. The van der Waals surface area contributed by atoms with Crippen molar-refractivity contribution >= 4 is 33.2 Å². The molecule has 1 saturated carbocycles. The molecule has 4 rings (SSSR count). The van der Waals surface area contributed by atoms with Gasteiger partial charge in [0.1, 0.15) is 5.92 Å². The highest BCUT2D eigenvalue weighted by atomic mass is 32.2. The van der Waals surface area contributed by atoms with E-state index in [2.05, 4.69) is 15.5 Å². The summed E-state index contributed by atoms with van der Waals surface area (Å²) in [4.78, 5) is 26.6. The highest BCUT2D eigenvalue weighted by Gasteiger charge is 2.33. The summed E-state index contributed by atoms with van der Waals surface area (Å²) in [6.45, 7) is 3.95. The van der Waals surface area contributed by atoms with E-state index in [1.54, 1.807) is 0 Å². The van der Waals surface area contributed by atoms with Gasteiger partial charge in [-0.05, 0) is 38.0 Å². The number of sulfonamides is 1. The first kappa shape index (κ1) is 20.3. The first-order chi connectivity index (χ1) is 13.9. The summed E-state index contributed by atoms with van der Waals surface area (Å²) >= 11 is 0. The second-order valence-corrected chi connectivity index (χ2v) is 10.1. The Morgan fingerprint density at radius 3 is 2.17 bits per heavy atom. The van der Waals surface area contributed by atoms with Crippen molar-refractivity contribution in [3.05, 3.63) is 18.2 Å². The van der Waals surface area contributed by atoms with Gasteiger partial charge in [-0.2, -0.15) is 4.31 Å². The van der Waals surface area contributed by atoms with Crippen molar-refractivity contribution in [2.75, 3.05) is 36.8 Å². The maximum atomic E-state index is 13.2. The van der Waals surface area contributed by atoms with Crippen molar-refractivity contribution in [3.8, 4) is 0 Å². The number of anilines is 2. The molecular formula is C20H28N4O4S. The van der Waals surface area contributed by atoms with E-state index in [9.17, 15) is 18.0 Å². The van der Waals surface area contributed by atoms with Crippen molar-refractivity contribution in [2.45, 2.75) is 50.0 Å². The van der Waals surface area contributed by atoms with Crippen molar-refractivity contribution < 1.29 is 18.0 Å². The number of piperazine rings is 1. The largest absolute Gasteiger partial charge is 0.324 e. The molecule has 0 aromatic heterocycles. The Bertz CT molecular complexity index is 903. The Kier molecular flexibility index (Phi) is 5.63. The van der Waals surface area contributed by atoms with Gasteiger partial charge in [0.2, 0.25) is 21.8 Å². The molecule has 2 heterocycles. The monoisotopic (exact) mass is 420 g/mol. The van der Waals surface area contributed by atoms with Gasteiger partial charge in [0.05, 0.1) is 16.3 Å². The van der Waals surface area contributed by atoms with Crippen LogP contribution in [-0.2, 0) is 19.6 Å². The van der Waals surface area contributed by atoms with Crippen LogP contribution in [0.2, 0.25) is 0 Å². The molecule has 29 heavy (non-hydrogen) atoms. The number of benzene rings is 1. The highest BCUT2D eigenvalue weighted by molar-refractivity contribution is 7.89. The van der Waals surface area contributed by atoms with Crippen LogP contribution in [0.15, 0.2) is 23.1 Å². The van der Waals surface area contributed by atoms with Gasteiger partial charge in [-0.1, -0.05) is 19.3 Å². The zero-order valence-corrected chi connectivity index (χ0v) is 17.5. The van der Waals surface area contributed by atoms with E-state index in [-0.39, 0.29) is 4.90 Å². The van der Waals surface area contributed by atoms with Crippen LogP contribution in [0.4, 0.5) is 11.4 Å². The molecule has 1 atom stereocenters. The Labute approximate surface area is 171 Å². The summed E-state index contributed by atoms with van der Waals surface area (Å²) in [7, 11) is -3.66. The number of nitrogens with one attached hydrogen (secondary N) is 2. The molecule has 1 aliphatic carbocycles. The average Bonchev–Trinajstić information content (AvgIpc) is 2.84. The van der Waals surface area contributed by atoms with Crippen LogP contribution < -0.4 is 10.6 Å². The molecule has 0 spiro atoms. The quantitative estimate of drug-likeness (QED) is 0.727. The molecule has 3 aliphatic rings. The standard InChI is InChI=1S/C20H28N4O4S/c1-14-19(25)21-17-8-7-16(13-18(17)22-20(14)26)29(27,28)24-11-9-23(10-12-24)15-5-3-2-4-6-15/h7-8,13-15H,2-6,9-12H2,1H3,(H,21,25)(H,22,26). The van der Waals surface area contributed by atoms with Gasteiger partial charge in [-0.15, -0.1) is 0 Å². The SMILES string of the molecule is CC1C(=O)Nc2ccc(S(=O)(=O)N3CCN(C4CCCCC4)CC3)cc2NC1=O. The molecular weight excluding hydrogens is 392 g/mol.